The zero-order chi connectivity index (χ0) is 8.97. The highest BCUT2D eigenvalue weighted by atomic mass is 16.4. The number of hydrogen-bond acceptors (Lipinski definition) is 3. The van der Waals surface area contributed by atoms with E-state index in [4.69, 9.17) is 5.11 Å². The van der Waals surface area contributed by atoms with E-state index in [2.05, 4.69) is 10.3 Å². The Morgan fingerprint density at radius 1 is 1.58 bits per heavy atom. The average molecular weight is 166 g/mol. The SMILES string of the molecule is O=CNc1cncc(C(=O)O)c1. The van der Waals surface area contributed by atoms with Crippen molar-refractivity contribution in [3.05, 3.63) is 24.0 Å². The van der Waals surface area contributed by atoms with Gasteiger partial charge in [-0.15, -0.1) is 0 Å². The van der Waals surface area contributed by atoms with Crippen LogP contribution in [-0.4, -0.2) is 22.5 Å². The molecule has 0 spiro atoms. The molecule has 0 radical (unpaired) electrons. The number of aromatic carboxylic acids is 1. The summed E-state index contributed by atoms with van der Waals surface area (Å²) in [6.07, 6.45) is 3.03. The standard InChI is InChI=1S/C7H6N2O3/c10-4-9-6-1-5(7(11)12)2-8-3-6/h1-4H,(H,9,10)(H,11,12). The van der Waals surface area contributed by atoms with E-state index in [-0.39, 0.29) is 5.56 Å². The van der Waals surface area contributed by atoms with Crippen LogP contribution in [0.25, 0.3) is 0 Å². The van der Waals surface area contributed by atoms with Crippen molar-refractivity contribution < 1.29 is 14.7 Å². The molecule has 2 N–H and O–H groups in total. The molecular formula is C7H6N2O3. The third-order valence-corrected chi connectivity index (χ3v) is 1.21. The van der Waals surface area contributed by atoms with Gasteiger partial charge in [0.15, 0.2) is 0 Å². The predicted molar refractivity (Wildman–Crippen MR) is 40.9 cm³/mol. The molecule has 5 nitrogen and oxygen atoms in total. The molecule has 1 heterocycles. The van der Waals surface area contributed by atoms with E-state index in [9.17, 15) is 9.59 Å². The molecule has 0 bridgehead atoms. The van der Waals surface area contributed by atoms with Gasteiger partial charge >= 0.3 is 5.97 Å². The third-order valence-electron chi connectivity index (χ3n) is 1.21. The van der Waals surface area contributed by atoms with E-state index in [0.717, 1.165) is 0 Å². The van der Waals surface area contributed by atoms with Gasteiger partial charge in [0.05, 0.1) is 17.4 Å². The number of pyridine rings is 1. The molecule has 0 aromatic carbocycles. The summed E-state index contributed by atoms with van der Waals surface area (Å²) in [6, 6.07) is 1.32. The van der Waals surface area contributed by atoms with Crippen LogP contribution in [0.1, 0.15) is 10.4 Å². The molecule has 0 saturated carbocycles. The van der Waals surface area contributed by atoms with Crippen molar-refractivity contribution in [1.82, 2.24) is 4.98 Å². The van der Waals surface area contributed by atoms with Crippen LogP contribution in [0.4, 0.5) is 5.69 Å². The van der Waals surface area contributed by atoms with Gasteiger partial charge in [0, 0.05) is 6.20 Å². The molecule has 62 valence electrons. The molecule has 1 aromatic rings. The molecule has 0 aliphatic carbocycles. The number of carbonyl (C=O) groups is 2. The van der Waals surface area contributed by atoms with Crippen LogP contribution in [0.3, 0.4) is 0 Å². The molecular weight excluding hydrogens is 160 g/mol. The zero-order valence-electron chi connectivity index (χ0n) is 6.02. The number of nitrogens with zero attached hydrogens (tertiary/aromatic N) is 1. The predicted octanol–water partition coefficient (Wildman–Crippen LogP) is 0.348. The van der Waals surface area contributed by atoms with Crippen molar-refractivity contribution in [2.75, 3.05) is 5.32 Å². The van der Waals surface area contributed by atoms with Gasteiger partial charge in [-0.05, 0) is 6.07 Å². The average Bonchev–Trinajstić information content (AvgIpc) is 2.05. The van der Waals surface area contributed by atoms with E-state index >= 15 is 0 Å². The first-order valence-corrected chi connectivity index (χ1v) is 3.12. The monoisotopic (exact) mass is 166 g/mol. The minimum absolute atomic E-state index is 0.0434. The summed E-state index contributed by atoms with van der Waals surface area (Å²) < 4.78 is 0. The normalized spacial score (nSPS) is 9.00. The lowest BCUT2D eigenvalue weighted by molar-refractivity contribution is -0.105. The largest absolute Gasteiger partial charge is 0.478 e. The third kappa shape index (κ3) is 1.79. The quantitative estimate of drug-likeness (QED) is 0.635. The van der Waals surface area contributed by atoms with Crippen LogP contribution in [0.2, 0.25) is 0 Å². The van der Waals surface area contributed by atoms with Gasteiger partial charge in [-0.3, -0.25) is 9.78 Å². The van der Waals surface area contributed by atoms with E-state index in [0.29, 0.717) is 12.1 Å². The maximum Gasteiger partial charge on any atom is 0.337 e. The molecule has 0 atom stereocenters. The Morgan fingerprint density at radius 3 is 2.92 bits per heavy atom. The first-order valence-electron chi connectivity index (χ1n) is 3.12. The van der Waals surface area contributed by atoms with Gasteiger partial charge in [-0.2, -0.15) is 0 Å². The van der Waals surface area contributed by atoms with E-state index < -0.39 is 5.97 Å². The van der Waals surface area contributed by atoms with Crippen LogP contribution in [0.5, 0.6) is 0 Å². The second-order valence-electron chi connectivity index (χ2n) is 2.03. The Labute approximate surface area is 68.0 Å². The first kappa shape index (κ1) is 8.19. The molecule has 0 aliphatic rings. The maximum absolute atomic E-state index is 10.4. The minimum Gasteiger partial charge on any atom is -0.478 e. The van der Waals surface area contributed by atoms with E-state index in [1.54, 1.807) is 0 Å². The molecule has 0 aliphatic heterocycles. The molecule has 1 amide bonds. The maximum atomic E-state index is 10.4. The molecule has 5 heteroatoms. The number of nitrogens with one attached hydrogen (secondary N) is 1. The van der Waals surface area contributed by atoms with E-state index in [1.165, 1.54) is 18.5 Å². The van der Waals surface area contributed by atoms with Gasteiger partial charge in [0.1, 0.15) is 0 Å². The number of hydrogen-bond donors (Lipinski definition) is 2. The van der Waals surface area contributed by atoms with Crippen LogP contribution < -0.4 is 5.32 Å². The van der Waals surface area contributed by atoms with Gasteiger partial charge in [-0.1, -0.05) is 0 Å². The molecule has 0 fully saturated rings. The van der Waals surface area contributed by atoms with Gasteiger partial charge in [0.25, 0.3) is 0 Å². The summed E-state index contributed by atoms with van der Waals surface area (Å²) in [5, 5.41) is 10.8. The van der Waals surface area contributed by atoms with Crippen molar-refractivity contribution in [3.63, 3.8) is 0 Å². The summed E-state index contributed by atoms with van der Waals surface area (Å²) >= 11 is 0. The van der Waals surface area contributed by atoms with E-state index in [1.807, 2.05) is 0 Å². The molecule has 0 unspecified atom stereocenters. The van der Waals surface area contributed by atoms with Crippen molar-refractivity contribution >= 4 is 18.1 Å². The Hall–Kier alpha value is -1.91. The topological polar surface area (TPSA) is 79.3 Å². The van der Waals surface area contributed by atoms with Crippen molar-refractivity contribution in [3.8, 4) is 0 Å². The highest BCUT2D eigenvalue weighted by Gasteiger charge is 2.02. The summed E-state index contributed by atoms with van der Waals surface area (Å²) in [4.78, 5) is 24.0. The highest BCUT2D eigenvalue weighted by molar-refractivity contribution is 5.89. The number of aromatic nitrogens is 1. The van der Waals surface area contributed by atoms with Gasteiger partial charge in [-0.25, -0.2) is 4.79 Å². The zero-order valence-corrected chi connectivity index (χ0v) is 6.02. The number of rotatable bonds is 3. The summed E-state index contributed by atoms with van der Waals surface area (Å²) in [6.45, 7) is 0. The second-order valence-corrected chi connectivity index (χ2v) is 2.03. The number of carboxylic acids is 1. The Balaban J connectivity index is 2.95. The lowest BCUT2D eigenvalue weighted by Crippen LogP contribution is -2.00. The van der Waals surface area contributed by atoms with Crippen LogP contribution in [-0.2, 0) is 4.79 Å². The minimum atomic E-state index is -1.07. The first-order chi connectivity index (χ1) is 5.74. The smallest absolute Gasteiger partial charge is 0.337 e. The fraction of sp³-hybridized carbons (Fsp3) is 0. The fourth-order valence-corrected chi connectivity index (χ4v) is 0.704. The number of amides is 1. The lowest BCUT2D eigenvalue weighted by atomic mass is 10.3. The van der Waals surface area contributed by atoms with Crippen LogP contribution in [0.15, 0.2) is 18.5 Å². The lowest BCUT2D eigenvalue weighted by Gasteiger charge is -1.97. The Kier molecular flexibility index (Phi) is 2.37. The summed E-state index contributed by atoms with van der Waals surface area (Å²) in [7, 11) is 0. The molecule has 1 aromatic heterocycles. The Bertz CT molecular complexity index is 311. The van der Waals surface area contributed by atoms with Crippen molar-refractivity contribution in [2.24, 2.45) is 0 Å². The molecule has 0 saturated heterocycles. The van der Waals surface area contributed by atoms with Gasteiger partial charge in [0.2, 0.25) is 6.41 Å². The van der Waals surface area contributed by atoms with Crippen molar-refractivity contribution in [1.29, 1.82) is 0 Å². The molecule has 1 rings (SSSR count). The second kappa shape index (κ2) is 3.47. The number of carbonyl (C=O) groups excluding carboxylic acids is 1. The van der Waals surface area contributed by atoms with Crippen LogP contribution in [0, 0.1) is 0 Å². The van der Waals surface area contributed by atoms with Gasteiger partial charge < -0.3 is 10.4 Å². The number of anilines is 1. The summed E-state index contributed by atoms with van der Waals surface area (Å²) in [5.74, 6) is -1.07. The summed E-state index contributed by atoms with van der Waals surface area (Å²) in [5.41, 5.74) is 0.409. The Morgan fingerprint density at radius 2 is 2.33 bits per heavy atom. The molecule has 12 heavy (non-hydrogen) atoms. The highest BCUT2D eigenvalue weighted by Crippen LogP contribution is 2.06. The number of carboxylic acid groups (broad SMARTS) is 1. The van der Waals surface area contributed by atoms with Crippen LogP contribution >= 0.6 is 0 Å². The van der Waals surface area contributed by atoms with Crippen molar-refractivity contribution in [2.45, 2.75) is 0 Å². The fourth-order valence-electron chi connectivity index (χ4n) is 0.704.